The minimum absolute atomic E-state index is 0.0346. The van der Waals surface area contributed by atoms with Crippen molar-refractivity contribution >= 4 is 23.6 Å². The number of aromatic amines is 1. The number of aromatic nitrogens is 3. The number of nitrogens with one attached hydrogen (secondary N) is 1. The fourth-order valence-corrected chi connectivity index (χ4v) is 3.56. The molecule has 1 aromatic heterocycles. The first-order chi connectivity index (χ1) is 9.04. The number of carboxylic acid groups (broad SMARTS) is 1. The molecule has 7 nitrogen and oxygen atoms in total. The summed E-state index contributed by atoms with van der Waals surface area (Å²) in [5.74, 6) is -0.414. The third kappa shape index (κ3) is 2.73. The normalized spacial score (nSPS) is 22.7. The Kier molecular flexibility index (Phi) is 4.08. The van der Waals surface area contributed by atoms with Gasteiger partial charge in [-0.25, -0.2) is 9.78 Å². The quantitative estimate of drug-likeness (QED) is 0.851. The minimum atomic E-state index is -0.980. The van der Waals surface area contributed by atoms with Gasteiger partial charge in [0.05, 0.1) is 5.37 Å². The standard InChI is InChI=1S/C11H16N4O3S/c1-3-4-8-15(7(5-19-8)11(17)18)10(16)9-12-6(2)13-14-9/h7-8H,3-5H2,1-2H3,(H,17,18)(H,12,13,14). The van der Waals surface area contributed by atoms with Crippen LogP contribution in [0, 0.1) is 6.92 Å². The van der Waals surface area contributed by atoms with E-state index in [0.717, 1.165) is 12.8 Å². The number of hydrogen-bond donors (Lipinski definition) is 2. The summed E-state index contributed by atoms with van der Waals surface area (Å²) in [5.41, 5.74) is 0. The summed E-state index contributed by atoms with van der Waals surface area (Å²) >= 11 is 1.50. The van der Waals surface area contributed by atoms with Crippen molar-refractivity contribution in [3.05, 3.63) is 11.6 Å². The Morgan fingerprint density at radius 1 is 1.58 bits per heavy atom. The van der Waals surface area contributed by atoms with Gasteiger partial charge in [0.1, 0.15) is 11.9 Å². The van der Waals surface area contributed by atoms with E-state index in [4.69, 9.17) is 0 Å². The zero-order chi connectivity index (χ0) is 14.0. The molecular weight excluding hydrogens is 268 g/mol. The van der Waals surface area contributed by atoms with Crippen LogP contribution in [0.4, 0.5) is 0 Å². The van der Waals surface area contributed by atoms with Crippen LogP contribution in [0.15, 0.2) is 0 Å². The van der Waals surface area contributed by atoms with E-state index in [1.165, 1.54) is 16.7 Å². The Morgan fingerprint density at radius 3 is 2.84 bits per heavy atom. The Balaban J connectivity index is 2.25. The number of rotatable bonds is 4. The van der Waals surface area contributed by atoms with Crippen molar-refractivity contribution in [3.8, 4) is 0 Å². The summed E-state index contributed by atoms with van der Waals surface area (Å²) < 4.78 is 0. The first-order valence-corrected chi connectivity index (χ1v) is 7.15. The van der Waals surface area contributed by atoms with Gasteiger partial charge in [-0.1, -0.05) is 13.3 Å². The van der Waals surface area contributed by atoms with Crippen LogP contribution in [0.25, 0.3) is 0 Å². The number of carbonyl (C=O) groups is 2. The minimum Gasteiger partial charge on any atom is -0.480 e. The maximum atomic E-state index is 12.4. The zero-order valence-electron chi connectivity index (χ0n) is 10.8. The molecule has 104 valence electrons. The van der Waals surface area contributed by atoms with Gasteiger partial charge < -0.3 is 10.0 Å². The average molecular weight is 284 g/mol. The third-order valence-corrected chi connectivity index (χ3v) is 4.29. The molecule has 0 bridgehead atoms. The summed E-state index contributed by atoms with van der Waals surface area (Å²) in [6.07, 6.45) is 1.66. The second-order valence-electron chi connectivity index (χ2n) is 4.39. The van der Waals surface area contributed by atoms with Gasteiger partial charge in [-0.05, 0) is 13.3 Å². The van der Waals surface area contributed by atoms with Crippen LogP contribution in [-0.4, -0.2) is 54.2 Å². The number of carbonyl (C=O) groups excluding carboxylic acids is 1. The molecule has 2 unspecified atom stereocenters. The number of H-pyrrole nitrogens is 1. The van der Waals surface area contributed by atoms with Crippen LogP contribution in [0.1, 0.15) is 36.2 Å². The van der Waals surface area contributed by atoms with Crippen molar-refractivity contribution in [2.24, 2.45) is 0 Å². The van der Waals surface area contributed by atoms with E-state index in [2.05, 4.69) is 15.2 Å². The number of nitrogens with zero attached hydrogens (tertiary/aromatic N) is 3. The SMILES string of the molecule is CCCC1SCC(C(=O)O)N1C(=O)c1n[nH]c(C)n1. The Labute approximate surface area is 114 Å². The Morgan fingerprint density at radius 2 is 2.32 bits per heavy atom. The van der Waals surface area contributed by atoms with Gasteiger partial charge in [0.2, 0.25) is 5.82 Å². The van der Waals surface area contributed by atoms with Gasteiger partial charge in [0, 0.05) is 5.75 Å². The van der Waals surface area contributed by atoms with Gasteiger partial charge in [-0.2, -0.15) is 0 Å². The summed E-state index contributed by atoms with van der Waals surface area (Å²) in [7, 11) is 0. The molecule has 0 radical (unpaired) electrons. The molecule has 0 spiro atoms. The lowest BCUT2D eigenvalue weighted by atomic mass is 10.2. The van der Waals surface area contributed by atoms with Crippen LogP contribution in [0.5, 0.6) is 0 Å². The molecule has 0 saturated carbocycles. The monoisotopic (exact) mass is 284 g/mol. The number of aliphatic carboxylic acids is 1. The van der Waals surface area contributed by atoms with Gasteiger partial charge in [-0.3, -0.25) is 9.89 Å². The molecule has 8 heteroatoms. The highest BCUT2D eigenvalue weighted by atomic mass is 32.2. The highest BCUT2D eigenvalue weighted by Gasteiger charge is 2.42. The predicted molar refractivity (Wildman–Crippen MR) is 69.9 cm³/mol. The number of aryl methyl sites for hydroxylation is 1. The second-order valence-corrected chi connectivity index (χ2v) is 5.60. The predicted octanol–water partition coefficient (Wildman–Crippen LogP) is 0.882. The summed E-state index contributed by atoms with van der Waals surface area (Å²) in [4.78, 5) is 29.0. The molecule has 1 fully saturated rings. The highest BCUT2D eigenvalue weighted by Crippen LogP contribution is 2.33. The third-order valence-electron chi connectivity index (χ3n) is 2.94. The van der Waals surface area contributed by atoms with Crippen molar-refractivity contribution in [2.75, 3.05) is 5.75 Å². The molecule has 2 rings (SSSR count). The van der Waals surface area contributed by atoms with Crippen molar-refractivity contribution in [3.63, 3.8) is 0 Å². The second kappa shape index (κ2) is 5.60. The molecule has 0 aliphatic carbocycles. The van der Waals surface area contributed by atoms with E-state index in [1.54, 1.807) is 6.92 Å². The maximum absolute atomic E-state index is 12.4. The van der Waals surface area contributed by atoms with Gasteiger partial charge in [-0.15, -0.1) is 16.9 Å². The number of amides is 1. The molecule has 19 heavy (non-hydrogen) atoms. The molecule has 0 aromatic carbocycles. The van der Waals surface area contributed by atoms with E-state index < -0.39 is 17.9 Å². The highest BCUT2D eigenvalue weighted by molar-refractivity contribution is 8.00. The van der Waals surface area contributed by atoms with Crippen molar-refractivity contribution in [1.29, 1.82) is 0 Å². The molecule has 2 N–H and O–H groups in total. The lowest BCUT2D eigenvalue weighted by Crippen LogP contribution is -2.46. The van der Waals surface area contributed by atoms with Gasteiger partial charge in [0.25, 0.3) is 5.91 Å². The molecular formula is C11H16N4O3S. The summed E-state index contributed by atoms with van der Waals surface area (Å²) in [6.45, 7) is 3.70. The number of carboxylic acids is 1. The summed E-state index contributed by atoms with van der Waals surface area (Å²) in [5, 5.41) is 15.5. The van der Waals surface area contributed by atoms with Crippen LogP contribution in [0.2, 0.25) is 0 Å². The van der Waals surface area contributed by atoms with Gasteiger partial charge >= 0.3 is 5.97 Å². The maximum Gasteiger partial charge on any atom is 0.327 e. The summed E-state index contributed by atoms with van der Waals surface area (Å²) in [6, 6.07) is -0.798. The molecule has 1 saturated heterocycles. The lowest BCUT2D eigenvalue weighted by molar-refractivity contribution is -0.141. The molecule has 2 heterocycles. The van der Waals surface area contributed by atoms with Crippen molar-refractivity contribution < 1.29 is 14.7 Å². The first kappa shape index (κ1) is 13.9. The Hall–Kier alpha value is -1.57. The number of thioether (sulfide) groups is 1. The Bertz CT molecular complexity index is 490. The van der Waals surface area contributed by atoms with Crippen molar-refractivity contribution in [2.45, 2.75) is 38.1 Å². The molecule has 1 aliphatic heterocycles. The zero-order valence-corrected chi connectivity index (χ0v) is 11.6. The molecule has 1 aromatic rings. The number of hydrogen-bond acceptors (Lipinski definition) is 5. The van der Waals surface area contributed by atoms with Crippen LogP contribution in [0.3, 0.4) is 0 Å². The smallest absolute Gasteiger partial charge is 0.327 e. The van der Waals surface area contributed by atoms with E-state index in [9.17, 15) is 14.7 Å². The first-order valence-electron chi connectivity index (χ1n) is 6.10. The van der Waals surface area contributed by atoms with Crippen LogP contribution in [-0.2, 0) is 4.79 Å². The van der Waals surface area contributed by atoms with E-state index in [-0.39, 0.29) is 11.2 Å². The molecule has 1 amide bonds. The molecule has 1 aliphatic rings. The largest absolute Gasteiger partial charge is 0.480 e. The average Bonchev–Trinajstić information content (AvgIpc) is 2.95. The lowest BCUT2D eigenvalue weighted by Gasteiger charge is -2.25. The topological polar surface area (TPSA) is 99.2 Å². The molecule has 2 atom stereocenters. The fraction of sp³-hybridized carbons (Fsp3) is 0.636. The van der Waals surface area contributed by atoms with Crippen LogP contribution >= 0.6 is 11.8 Å². The van der Waals surface area contributed by atoms with Gasteiger partial charge in [0.15, 0.2) is 0 Å². The van der Waals surface area contributed by atoms with Crippen LogP contribution < -0.4 is 0 Å². The van der Waals surface area contributed by atoms with E-state index >= 15 is 0 Å². The van der Waals surface area contributed by atoms with E-state index in [0.29, 0.717) is 11.6 Å². The van der Waals surface area contributed by atoms with E-state index in [1.807, 2.05) is 6.92 Å². The van der Waals surface area contributed by atoms with Crippen molar-refractivity contribution in [1.82, 2.24) is 20.1 Å². The fourth-order valence-electron chi connectivity index (χ4n) is 2.05.